The smallest absolute Gasteiger partial charge is 0.228 e. The van der Waals surface area contributed by atoms with Gasteiger partial charge in [0.25, 0.3) is 0 Å². The molecular formula is C19H19F4N3O2S. The van der Waals surface area contributed by atoms with Crippen LogP contribution in [0.4, 0.5) is 17.6 Å². The number of carbonyl (C=O) groups is 1. The van der Waals surface area contributed by atoms with Crippen LogP contribution in [0.3, 0.4) is 0 Å². The van der Waals surface area contributed by atoms with Crippen molar-refractivity contribution in [3.8, 4) is 0 Å². The van der Waals surface area contributed by atoms with Crippen molar-refractivity contribution < 1.29 is 27.5 Å². The van der Waals surface area contributed by atoms with E-state index in [1.54, 1.807) is 9.47 Å². The lowest BCUT2D eigenvalue weighted by Crippen LogP contribution is -2.38. The normalized spacial score (nSPS) is 21.1. The summed E-state index contributed by atoms with van der Waals surface area (Å²) in [5, 5.41) is 9.41. The van der Waals surface area contributed by atoms with Crippen LogP contribution in [0.2, 0.25) is 0 Å². The minimum absolute atomic E-state index is 0.00231. The molecule has 2 aliphatic rings. The molecule has 5 nitrogen and oxygen atoms in total. The van der Waals surface area contributed by atoms with Crippen LogP contribution >= 0.6 is 12.2 Å². The van der Waals surface area contributed by atoms with E-state index in [4.69, 9.17) is 12.2 Å². The van der Waals surface area contributed by atoms with Gasteiger partial charge in [0, 0.05) is 42.0 Å². The summed E-state index contributed by atoms with van der Waals surface area (Å²) in [5.74, 6) is -6.72. The number of carbonyl (C=O) groups excluding carboxylic acids is 1. The molecule has 0 bridgehead atoms. The Morgan fingerprint density at radius 3 is 2.59 bits per heavy atom. The zero-order valence-corrected chi connectivity index (χ0v) is 16.2. The van der Waals surface area contributed by atoms with Gasteiger partial charge in [0.05, 0.1) is 19.1 Å². The maximum atomic E-state index is 14.2. The first-order valence-corrected chi connectivity index (χ1v) is 9.76. The van der Waals surface area contributed by atoms with Crippen molar-refractivity contribution in [3.63, 3.8) is 0 Å². The maximum Gasteiger partial charge on any atom is 0.228 e. The Labute approximate surface area is 169 Å². The third-order valence-corrected chi connectivity index (χ3v) is 6.13. The molecule has 4 rings (SSSR count). The number of likely N-dealkylation sites (tertiary alicyclic amines) is 1. The van der Waals surface area contributed by atoms with E-state index in [2.05, 4.69) is 4.98 Å². The molecule has 2 aromatic rings. The molecule has 1 saturated heterocycles. The Balaban J connectivity index is 1.61. The molecule has 2 N–H and O–H groups in total. The van der Waals surface area contributed by atoms with E-state index in [0.717, 1.165) is 12.8 Å². The predicted molar refractivity (Wildman–Crippen MR) is 97.9 cm³/mol. The van der Waals surface area contributed by atoms with E-state index >= 15 is 0 Å². The minimum atomic E-state index is -1.44. The molecule has 1 aromatic heterocycles. The summed E-state index contributed by atoms with van der Waals surface area (Å²) in [6, 6.07) is -0.0275. The number of amides is 1. The second-order valence-electron chi connectivity index (χ2n) is 7.49. The van der Waals surface area contributed by atoms with Gasteiger partial charge in [0.15, 0.2) is 28.0 Å². The molecule has 1 amide bonds. The lowest BCUT2D eigenvalue weighted by molar-refractivity contribution is -0.132. The van der Waals surface area contributed by atoms with Crippen LogP contribution in [-0.4, -0.2) is 44.7 Å². The number of aromatic nitrogens is 2. The van der Waals surface area contributed by atoms with Crippen LogP contribution in [0.5, 0.6) is 0 Å². The highest BCUT2D eigenvalue weighted by Gasteiger charge is 2.35. The van der Waals surface area contributed by atoms with Crippen LogP contribution in [0.1, 0.15) is 35.7 Å². The molecule has 29 heavy (non-hydrogen) atoms. The average Bonchev–Trinajstić information content (AvgIpc) is 3.38. The van der Waals surface area contributed by atoms with E-state index < -0.39 is 34.8 Å². The SMILES string of the molecule is O=C(Cc1[nH]c(=S)n2c1C[C@H](c1c(F)c(F)cc(F)c1F)C2)N1CCC[C@H]1CO. The molecule has 156 valence electrons. The third kappa shape index (κ3) is 3.38. The molecule has 0 saturated carbocycles. The van der Waals surface area contributed by atoms with Gasteiger partial charge in [-0.2, -0.15) is 0 Å². The number of rotatable bonds is 4. The highest BCUT2D eigenvalue weighted by atomic mass is 32.1. The first-order chi connectivity index (χ1) is 13.8. The molecule has 0 unspecified atom stereocenters. The van der Waals surface area contributed by atoms with Gasteiger partial charge in [-0.25, -0.2) is 17.6 Å². The Bertz CT molecular complexity index is 1010. The number of halogens is 4. The van der Waals surface area contributed by atoms with E-state index in [-0.39, 0.29) is 48.8 Å². The number of aliphatic hydroxyl groups is 1. The number of benzene rings is 1. The van der Waals surface area contributed by atoms with Crippen LogP contribution < -0.4 is 0 Å². The number of imidazole rings is 1. The number of hydrogen-bond donors (Lipinski definition) is 2. The van der Waals surface area contributed by atoms with Crippen molar-refractivity contribution >= 4 is 18.1 Å². The fourth-order valence-electron chi connectivity index (χ4n) is 4.40. The van der Waals surface area contributed by atoms with Crippen molar-refractivity contribution in [1.82, 2.24) is 14.5 Å². The van der Waals surface area contributed by atoms with Crippen LogP contribution in [0, 0.1) is 28.0 Å². The number of nitrogens with one attached hydrogen (secondary N) is 1. The van der Waals surface area contributed by atoms with Crippen molar-refractivity contribution in [3.05, 3.63) is 51.1 Å². The predicted octanol–water partition coefficient (Wildman–Crippen LogP) is 2.97. The molecule has 2 atom stereocenters. The van der Waals surface area contributed by atoms with E-state index in [0.29, 0.717) is 17.9 Å². The summed E-state index contributed by atoms with van der Waals surface area (Å²) in [7, 11) is 0. The van der Waals surface area contributed by atoms with Gasteiger partial charge in [-0.3, -0.25) is 4.79 Å². The van der Waals surface area contributed by atoms with Gasteiger partial charge in [0.1, 0.15) is 0 Å². The highest BCUT2D eigenvalue weighted by molar-refractivity contribution is 7.71. The number of nitrogens with zero attached hydrogens (tertiary/aromatic N) is 2. The Morgan fingerprint density at radius 2 is 1.93 bits per heavy atom. The number of hydrogen-bond acceptors (Lipinski definition) is 3. The van der Waals surface area contributed by atoms with Crippen molar-refractivity contribution in [2.24, 2.45) is 0 Å². The number of H-pyrrole nitrogens is 1. The average molecular weight is 429 g/mol. The van der Waals surface area contributed by atoms with E-state index in [9.17, 15) is 27.5 Å². The topological polar surface area (TPSA) is 61.3 Å². The molecule has 0 radical (unpaired) electrons. The molecule has 0 aliphatic carbocycles. The molecule has 10 heteroatoms. The van der Waals surface area contributed by atoms with Gasteiger partial charge >= 0.3 is 0 Å². The molecule has 1 fully saturated rings. The summed E-state index contributed by atoms with van der Waals surface area (Å²) in [6.07, 6.45) is 1.64. The monoisotopic (exact) mass is 429 g/mol. The summed E-state index contributed by atoms with van der Waals surface area (Å²) in [5.41, 5.74) is 0.470. The molecule has 2 aliphatic heterocycles. The zero-order chi connectivity index (χ0) is 20.9. The second-order valence-corrected chi connectivity index (χ2v) is 7.88. The van der Waals surface area contributed by atoms with Gasteiger partial charge in [-0.05, 0) is 31.5 Å². The van der Waals surface area contributed by atoms with Crippen molar-refractivity contribution in [2.45, 2.75) is 44.2 Å². The van der Waals surface area contributed by atoms with Gasteiger partial charge in [-0.1, -0.05) is 0 Å². The lowest BCUT2D eigenvalue weighted by Gasteiger charge is -2.23. The van der Waals surface area contributed by atoms with Crippen LogP contribution in [0.15, 0.2) is 6.07 Å². The quantitative estimate of drug-likeness (QED) is 0.446. The Kier molecular flexibility index (Phi) is 5.24. The zero-order valence-electron chi connectivity index (χ0n) is 15.4. The summed E-state index contributed by atoms with van der Waals surface area (Å²) in [6.45, 7) is 0.502. The highest BCUT2D eigenvalue weighted by Crippen LogP contribution is 2.36. The standard InChI is InChI=1S/C19H19F4N3O2S/c20-11-5-12(21)18(23)16(17(11)22)9-4-14-13(24-19(29)26(14)7-9)6-15(28)25-3-1-2-10(25)8-27/h5,9-10,27H,1-4,6-8H2,(H,24,29)/t9-,10-/m0/s1. The number of aliphatic hydroxyl groups excluding tert-OH is 1. The Hall–Kier alpha value is -2.20. The van der Waals surface area contributed by atoms with Crippen molar-refractivity contribution in [2.75, 3.05) is 13.2 Å². The van der Waals surface area contributed by atoms with Crippen molar-refractivity contribution in [1.29, 1.82) is 0 Å². The van der Waals surface area contributed by atoms with E-state index in [1.165, 1.54) is 0 Å². The minimum Gasteiger partial charge on any atom is -0.394 e. The summed E-state index contributed by atoms with van der Waals surface area (Å²) >= 11 is 5.26. The Morgan fingerprint density at radius 1 is 1.24 bits per heavy atom. The molecule has 3 heterocycles. The maximum absolute atomic E-state index is 14.2. The van der Waals surface area contributed by atoms with Gasteiger partial charge < -0.3 is 19.6 Å². The first kappa shape index (κ1) is 20.1. The third-order valence-electron chi connectivity index (χ3n) is 5.81. The molecule has 0 spiro atoms. The summed E-state index contributed by atoms with van der Waals surface area (Å²) in [4.78, 5) is 17.3. The summed E-state index contributed by atoms with van der Waals surface area (Å²) < 4.78 is 57.5. The van der Waals surface area contributed by atoms with Gasteiger partial charge in [-0.15, -0.1) is 0 Å². The fourth-order valence-corrected chi connectivity index (χ4v) is 4.70. The van der Waals surface area contributed by atoms with Crippen LogP contribution in [-0.2, 0) is 24.2 Å². The molecule has 1 aromatic carbocycles. The molecular weight excluding hydrogens is 410 g/mol. The fraction of sp³-hybridized carbons (Fsp3) is 0.474. The van der Waals surface area contributed by atoms with Gasteiger partial charge in [0.2, 0.25) is 5.91 Å². The number of fused-ring (bicyclic) bond motifs is 1. The van der Waals surface area contributed by atoms with E-state index in [1.807, 2.05) is 0 Å². The largest absolute Gasteiger partial charge is 0.394 e. The lowest BCUT2D eigenvalue weighted by atomic mass is 9.94. The number of aromatic amines is 1. The van der Waals surface area contributed by atoms with Crippen LogP contribution in [0.25, 0.3) is 0 Å². The first-order valence-electron chi connectivity index (χ1n) is 9.35. The second kappa shape index (κ2) is 7.56.